The molecule has 0 radical (unpaired) electrons. The third kappa shape index (κ3) is 1.02. The maximum atomic E-state index is 2.36. The van der Waals surface area contributed by atoms with Crippen molar-refractivity contribution < 1.29 is 4.58 Å². The maximum Gasteiger partial charge on any atom is 0.246 e. The van der Waals surface area contributed by atoms with Gasteiger partial charge in [0.25, 0.3) is 0 Å². The molecule has 0 fully saturated rings. The second kappa shape index (κ2) is 2.60. The van der Waals surface area contributed by atoms with E-state index in [-0.39, 0.29) is 0 Å². The molecule has 0 saturated heterocycles. The smallest absolute Gasteiger partial charge is 0.246 e. The van der Waals surface area contributed by atoms with Crippen LogP contribution in [0.15, 0.2) is 0 Å². The van der Waals surface area contributed by atoms with Crippen LogP contribution in [0, 0.1) is 0 Å². The molecule has 0 aromatic heterocycles. The Morgan fingerprint density at radius 1 is 1.70 bits per heavy atom. The van der Waals surface area contributed by atoms with Crippen LogP contribution in [0.3, 0.4) is 0 Å². The summed E-state index contributed by atoms with van der Waals surface area (Å²) in [6.45, 7) is 5.65. The van der Waals surface area contributed by atoms with Gasteiger partial charge in [-0.05, 0) is 6.92 Å². The Balaban J connectivity index is 2.79. The molecule has 0 amide bonds. The molecule has 1 unspecified atom stereocenters. The van der Waals surface area contributed by atoms with Crippen molar-refractivity contribution in [3.8, 4) is 0 Å². The zero-order valence-electron chi connectivity index (χ0n) is 7.39. The van der Waals surface area contributed by atoms with E-state index in [1.807, 2.05) is 0 Å². The van der Waals surface area contributed by atoms with Crippen molar-refractivity contribution in [3.05, 3.63) is 0 Å². The van der Waals surface area contributed by atoms with Gasteiger partial charge in [-0.3, -0.25) is 9.48 Å². The SMILES string of the molecule is CCC1=[N+](C)C(C)CN1C. The fourth-order valence-corrected chi connectivity index (χ4v) is 1.67. The summed E-state index contributed by atoms with van der Waals surface area (Å²) in [5.74, 6) is 1.47. The maximum absolute atomic E-state index is 2.36. The topological polar surface area (TPSA) is 6.25 Å². The molecule has 0 aromatic rings. The first-order valence-corrected chi connectivity index (χ1v) is 3.96. The molecule has 2 heteroatoms. The molecule has 1 heterocycles. The minimum Gasteiger partial charge on any atom is -0.264 e. The Bertz CT molecular complexity index is 161. The number of amidine groups is 1. The fraction of sp³-hybridized carbons (Fsp3) is 0.875. The van der Waals surface area contributed by atoms with E-state index >= 15 is 0 Å². The highest BCUT2D eigenvalue weighted by Crippen LogP contribution is 2.06. The van der Waals surface area contributed by atoms with Crippen molar-refractivity contribution in [2.24, 2.45) is 0 Å². The van der Waals surface area contributed by atoms with E-state index < -0.39 is 0 Å². The number of likely N-dealkylation sites (N-methyl/N-ethyl adjacent to an activating group) is 2. The van der Waals surface area contributed by atoms with E-state index in [2.05, 4.69) is 37.4 Å². The lowest BCUT2D eigenvalue weighted by atomic mass is 10.3. The quantitative estimate of drug-likeness (QED) is 0.489. The van der Waals surface area contributed by atoms with Gasteiger partial charge in [-0.2, -0.15) is 0 Å². The molecule has 1 atom stereocenters. The first-order valence-electron chi connectivity index (χ1n) is 3.96. The molecule has 10 heavy (non-hydrogen) atoms. The molecule has 1 rings (SSSR count). The van der Waals surface area contributed by atoms with Gasteiger partial charge in [-0.15, -0.1) is 0 Å². The van der Waals surface area contributed by atoms with Gasteiger partial charge in [-0.1, -0.05) is 6.92 Å². The minimum atomic E-state index is 0.694. The number of rotatable bonds is 1. The average molecular weight is 141 g/mol. The standard InChI is InChI=1S/C8H17N2/c1-5-8-9(3)6-7(2)10(8)4/h7H,5-6H2,1-4H3/q+1. The van der Waals surface area contributed by atoms with E-state index in [4.69, 9.17) is 0 Å². The molecular formula is C8H17N2+. The summed E-state index contributed by atoms with van der Waals surface area (Å²) < 4.78 is 2.36. The number of hydrogen-bond donors (Lipinski definition) is 0. The van der Waals surface area contributed by atoms with Gasteiger partial charge in [0, 0.05) is 6.42 Å². The van der Waals surface area contributed by atoms with Gasteiger partial charge in [0.05, 0.1) is 14.1 Å². The van der Waals surface area contributed by atoms with E-state index in [9.17, 15) is 0 Å². The Morgan fingerprint density at radius 3 is 2.50 bits per heavy atom. The lowest BCUT2D eigenvalue weighted by Gasteiger charge is -2.02. The van der Waals surface area contributed by atoms with Crippen LogP contribution >= 0.6 is 0 Å². The molecule has 0 aliphatic carbocycles. The van der Waals surface area contributed by atoms with Crippen LogP contribution in [0.25, 0.3) is 0 Å². The van der Waals surface area contributed by atoms with Gasteiger partial charge in [-0.25, -0.2) is 0 Å². The first-order chi connectivity index (χ1) is 4.66. The Kier molecular flexibility index (Phi) is 1.97. The highest BCUT2D eigenvalue weighted by molar-refractivity contribution is 5.77. The molecule has 58 valence electrons. The molecule has 1 aliphatic rings. The summed E-state index contributed by atoms with van der Waals surface area (Å²) in [6.07, 6.45) is 1.15. The molecule has 1 aliphatic heterocycles. The summed E-state index contributed by atoms with van der Waals surface area (Å²) in [5.41, 5.74) is 0. The largest absolute Gasteiger partial charge is 0.264 e. The monoisotopic (exact) mass is 141 g/mol. The van der Waals surface area contributed by atoms with Crippen molar-refractivity contribution in [1.29, 1.82) is 0 Å². The third-order valence-electron chi connectivity index (χ3n) is 2.36. The van der Waals surface area contributed by atoms with Crippen molar-refractivity contribution in [2.75, 3.05) is 20.6 Å². The van der Waals surface area contributed by atoms with E-state index in [0.717, 1.165) is 6.42 Å². The van der Waals surface area contributed by atoms with Crippen molar-refractivity contribution in [1.82, 2.24) is 4.90 Å². The van der Waals surface area contributed by atoms with Crippen molar-refractivity contribution >= 4 is 5.84 Å². The van der Waals surface area contributed by atoms with Gasteiger partial charge in [0.15, 0.2) is 0 Å². The molecule has 0 saturated carbocycles. The summed E-state index contributed by atoms with van der Waals surface area (Å²) >= 11 is 0. The predicted octanol–water partition coefficient (Wildman–Crippen LogP) is 0.771. The molecule has 0 spiro atoms. The highest BCUT2D eigenvalue weighted by Gasteiger charge is 2.28. The van der Waals surface area contributed by atoms with Crippen LogP contribution in [-0.2, 0) is 0 Å². The number of nitrogens with zero attached hydrogens (tertiary/aromatic N) is 2. The van der Waals surface area contributed by atoms with Crippen LogP contribution in [-0.4, -0.2) is 42.0 Å². The second-order valence-electron chi connectivity index (χ2n) is 3.11. The Hall–Kier alpha value is -0.530. The minimum absolute atomic E-state index is 0.694. The van der Waals surface area contributed by atoms with Gasteiger partial charge >= 0.3 is 0 Å². The average Bonchev–Trinajstić information content (AvgIpc) is 2.09. The zero-order chi connectivity index (χ0) is 7.72. The molecule has 0 N–H and O–H groups in total. The lowest BCUT2D eigenvalue weighted by Crippen LogP contribution is -2.23. The number of hydrogen-bond acceptors (Lipinski definition) is 1. The zero-order valence-corrected chi connectivity index (χ0v) is 7.39. The molecular weight excluding hydrogens is 124 g/mol. The first kappa shape index (κ1) is 7.58. The van der Waals surface area contributed by atoms with E-state index in [0.29, 0.717) is 6.04 Å². The van der Waals surface area contributed by atoms with Crippen LogP contribution in [0.1, 0.15) is 20.3 Å². The third-order valence-corrected chi connectivity index (χ3v) is 2.36. The highest BCUT2D eigenvalue weighted by atomic mass is 15.3. The molecule has 0 bridgehead atoms. The summed E-state index contributed by atoms with van der Waals surface area (Å²) in [4.78, 5) is 2.34. The fourth-order valence-electron chi connectivity index (χ4n) is 1.67. The Morgan fingerprint density at radius 2 is 2.30 bits per heavy atom. The van der Waals surface area contributed by atoms with Gasteiger partial charge in [0.1, 0.15) is 12.6 Å². The van der Waals surface area contributed by atoms with Gasteiger partial charge in [0.2, 0.25) is 5.84 Å². The summed E-state index contributed by atoms with van der Waals surface area (Å²) in [6, 6.07) is 0.694. The van der Waals surface area contributed by atoms with Crippen molar-refractivity contribution in [3.63, 3.8) is 0 Å². The van der Waals surface area contributed by atoms with Crippen LogP contribution < -0.4 is 0 Å². The van der Waals surface area contributed by atoms with Crippen LogP contribution in [0.4, 0.5) is 0 Å². The lowest BCUT2D eigenvalue weighted by molar-refractivity contribution is -0.523. The van der Waals surface area contributed by atoms with E-state index in [1.54, 1.807) is 0 Å². The summed E-state index contributed by atoms with van der Waals surface area (Å²) in [5, 5.41) is 0. The summed E-state index contributed by atoms with van der Waals surface area (Å²) in [7, 11) is 4.34. The van der Waals surface area contributed by atoms with Crippen LogP contribution in [0.2, 0.25) is 0 Å². The molecule has 0 aromatic carbocycles. The normalized spacial score (nSPS) is 26.4. The van der Waals surface area contributed by atoms with Crippen LogP contribution in [0.5, 0.6) is 0 Å². The van der Waals surface area contributed by atoms with Crippen molar-refractivity contribution in [2.45, 2.75) is 26.3 Å². The van der Waals surface area contributed by atoms with Gasteiger partial charge < -0.3 is 0 Å². The predicted molar refractivity (Wildman–Crippen MR) is 43.6 cm³/mol. The van der Waals surface area contributed by atoms with E-state index in [1.165, 1.54) is 12.4 Å². The Labute approximate surface area is 63.2 Å². The molecule has 2 nitrogen and oxygen atoms in total. The second-order valence-corrected chi connectivity index (χ2v) is 3.11.